The lowest BCUT2D eigenvalue weighted by Gasteiger charge is -2.53. The third-order valence-corrected chi connectivity index (χ3v) is 9.41. The number of nitrogens with zero attached hydrogens (tertiary/aromatic N) is 2. The van der Waals surface area contributed by atoms with Crippen molar-refractivity contribution in [1.29, 1.82) is 0 Å². The van der Waals surface area contributed by atoms with Crippen LogP contribution in [0.5, 0.6) is 0 Å². The molecule has 2 amide bonds. The van der Waals surface area contributed by atoms with E-state index in [1.165, 1.54) is 0 Å². The zero-order valence-electron chi connectivity index (χ0n) is 24.4. The number of aliphatic hydroxyl groups is 1. The molecular formula is C29H51F2N3O3. The van der Waals surface area contributed by atoms with E-state index in [1.54, 1.807) is 4.90 Å². The van der Waals surface area contributed by atoms with Gasteiger partial charge in [0, 0.05) is 47.0 Å². The summed E-state index contributed by atoms with van der Waals surface area (Å²) in [6.07, 6.45) is 6.32. The number of carbonyl (C=O) groups is 2. The highest BCUT2D eigenvalue weighted by atomic mass is 19.3. The molecule has 2 unspecified atom stereocenters. The highest BCUT2D eigenvalue weighted by Gasteiger charge is 2.51. The van der Waals surface area contributed by atoms with E-state index in [0.717, 1.165) is 44.9 Å². The molecule has 214 valence electrons. The number of rotatable bonds is 10. The van der Waals surface area contributed by atoms with Crippen LogP contribution in [0.4, 0.5) is 8.78 Å². The monoisotopic (exact) mass is 527 g/mol. The van der Waals surface area contributed by atoms with E-state index in [-0.39, 0.29) is 48.5 Å². The number of likely N-dealkylation sites (tertiary alicyclic amines) is 2. The van der Waals surface area contributed by atoms with Crippen molar-refractivity contribution in [2.45, 2.75) is 148 Å². The first-order valence-electron chi connectivity index (χ1n) is 14.2. The number of amides is 2. The summed E-state index contributed by atoms with van der Waals surface area (Å²) >= 11 is 0. The van der Waals surface area contributed by atoms with Crippen LogP contribution in [0.15, 0.2) is 0 Å². The van der Waals surface area contributed by atoms with Crippen LogP contribution in [0, 0.1) is 11.3 Å². The molecule has 2 heterocycles. The van der Waals surface area contributed by atoms with Gasteiger partial charge >= 0.3 is 0 Å². The SMILES string of the molecule is CC(C)(C)C(=O)NC1(C)CCC1CC(C)(C)N1C(=O)CC[C@@H]1CCCC(C)(C)N1CC(F)(F)C[C@@H]1CO. The topological polar surface area (TPSA) is 72.9 Å². The number of aliphatic hydroxyl groups excluding tert-OH is 1. The molecule has 0 bridgehead atoms. The molecule has 0 aromatic heterocycles. The number of alkyl halides is 2. The molecule has 4 atom stereocenters. The molecule has 6 nitrogen and oxygen atoms in total. The lowest BCUT2D eigenvalue weighted by atomic mass is 9.63. The van der Waals surface area contributed by atoms with E-state index < -0.39 is 22.9 Å². The van der Waals surface area contributed by atoms with Crippen molar-refractivity contribution in [2.75, 3.05) is 13.2 Å². The summed E-state index contributed by atoms with van der Waals surface area (Å²) in [6, 6.07) is -0.369. The molecule has 0 radical (unpaired) electrons. The Morgan fingerprint density at radius 1 is 1.08 bits per heavy atom. The minimum absolute atomic E-state index is 0.0643. The van der Waals surface area contributed by atoms with Gasteiger partial charge in [-0.25, -0.2) is 8.78 Å². The van der Waals surface area contributed by atoms with Crippen molar-refractivity contribution in [3.8, 4) is 0 Å². The van der Waals surface area contributed by atoms with Crippen LogP contribution in [0.2, 0.25) is 0 Å². The molecule has 0 aromatic rings. The normalized spacial score (nSPS) is 31.1. The molecule has 3 aliphatic rings. The molecule has 2 N–H and O–H groups in total. The van der Waals surface area contributed by atoms with E-state index in [1.807, 2.05) is 34.6 Å². The van der Waals surface area contributed by atoms with E-state index in [4.69, 9.17) is 0 Å². The fourth-order valence-electron chi connectivity index (χ4n) is 6.95. The minimum Gasteiger partial charge on any atom is -0.395 e. The highest BCUT2D eigenvalue weighted by Crippen LogP contribution is 2.46. The second kappa shape index (κ2) is 10.4. The van der Waals surface area contributed by atoms with Crippen molar-refractivity contribution in [2.24, 2.45) is 11.3 Å². The maximum absolute atomic E-state index is 14.1. The Kier molecular flexibility index (Phi) is 8.48. The number of hydrogen-bond acceptors (Lipinski definition) is 4. The summed E-state index contributed by atoms with van der Waals surface area (Å²) in [4.78, 5) is 29.6. The Labute approximate surface area is 222 Å². The second-order valence-corrected chi connectivity index (χ2v) is 14.6. The van der Waals surface area contributed by atoms with Crippen LogP contribution < -0.4 is 5.32 Å². The van der Waals surface area contributed by atoms with Gasteiger partial charge in [-0.1, -0.05) is 20.8 Å². The number of hydrogen-bond donors (Lipinski definition) is 2. The summed E-state index contributed by atoms with van der Waals surface area (Å²) in [7, 11) is 0. The van der Waals surface area contributed by atoms with E-state index in [0.29, 0.717) is 12.3 Å². The average Bonchev–Trinajstić information content (AvgIpc) is 3.30. The Morgan fingerprint density at radius 2 is 1.73 bits per heavy atom. The van der Waals surface area contributed by atoms with Crippen LogP contribution in [0.3, 0.4) is 0 Å². The Morgan fingerprint density at radius 3 is 2.27 bits per heavy atom. The summed E-state index contributed by atoms with van der Waals surface area (Å²) in [6.45, 7) is 15.6. The maximum atomic E-state index is 14.1. The molecule has 2 saturated heterocycles. The average molecular weight is 528 g/mol. The molecule has 37 heavy (non-hydrogen) atoms. The number of nitrogens with one attached hydrogen (secondary N) is 1. The minimum atomic E-state index is -2.76. The standard InChI is InChI=1S/C29H51F2N3O3/c1-25(2,3)24(37)32-28(8)15-13-20(28)16-27(6,7)34-21(11-12-23(34)36)10-9-14-26(4,5)33-19-29(30,31)17-22(33)18-35/h20-22,35H,9-19H2,1-8H3,(H,32,37)/t20?,21-,22+,28?/m0/s1. The predicted octanol–water partition coefficient (Wildman–Crippen LogP) is 5.13. The second-order valence-electron chi connectivity index (χ2n) is 14.6. The van der Waals surface area contributed by atoms with Gasteiger partial charge in [-0.15, -0.1) is 0 Å². The van der Waals surface area contributed by atoms with Gasteiger partial charge in [0.25, 0.3) is 5.92 Å². The zero-order valence-corrected chi connectivity index (χ0v) is 24.4. The quantitative estimate of drug-likeness (QED) is 0.413. The Hall–Kier alpha value is -1.28. The predicted molar refractivity (Wildman–Crippen MR) is 142 cm³/mol. The molecule has 3 rings (SSSR count). The molecule has 1 aliphatic carbocycles. The molecule has 2 aliphatic heterocycles. The first-order valence-corrected chi connectivity index (χ1v) is 14.2. The zero-order chi connectivity index (χ0) is 28.0. The van der Waals surface area contributed by atoms with Crippen LogP contribution in [0.1, 0.15) is 113 Å². The van der Waals surface area contributed by atoms with Crippen LogP contribution in [-0.4, -0.2) is 74.5 Å². The van der Waals surface area contributed by atoms with E-state index in [9.17, 15) is 23.5 Å². The lowest BCUT2D eigenvalue weighted by molar-refractivity contribution is -0.138. The first kappa shape index (κ1) is 30.3. The van der Waals surface area contributed by atoms with E-state index in [2.05, 4.69) is 31.0 Å². The number of carbonyl (C=O) groups excluding carboxylic acids is 2. The van der Waals surface area contributed by atoms with Crippen LogP contribution in [0.25, 0.3) is 0 Å². The largest absolute Gasteiger partial charge is 0.395 e. The smallest absolute Gasteiger partial charge is 0.262 e. The van der Waals surface area contributed by atoms with Gasteiger partial charge in [0.2, 0.25) is 11.8 Å². The molecule has 1 saturated carbocycles. The summed E-state index contributed by atoms with van der Waals surface area (Å²) in [5, 5.41) is 13.0. The van der Waals surface area contributed by atoms with Gasteiger partial charge in [0.05, 0.1) is 13.2 Å². The fraction of sp³-hybridized carbons (Fsp3) is 0.931. The van der Waals surface area contributed by atoms with Gasteiger partial charge in [-0.2, -0.15) is 0 Å². The van der Waals surface area contributed by atoms with Gasteiger partial charge in [0.15, 0.2) is 0 Å². The number of halogens is 2. The Bertz CT molecular complexity index is 854. The first-order chi connectivity index (χ1) is 16.8. The van der Waals surface area contributed by atoms with Gasteiger partial charge in [0.1, 0.15) is 0 Å². The van der Waals surface area contributed by atoms with Gasteiger partial charge in [-0.3, -0.25) is 14.5 Å². The summed E-state index contributed by atoms with van der Waals surface area (Å²) in [5.41, 5.74) is -1.46. The van der Waals surface area contributed by atoms with Crippen LogP contribution in [-0.2, 0) is 9.59 Å². The van der Waals surface area contributed by atoms with Crippen LogP contribution >= 0.6 is 0 Å². The summed E-state index contributed by atoms with van der Waals surface area (Å²) in [5.74, 6) is -2.19. The van der Waals surface area contributed by atoms with Crippen molar-refractivity contribution in [1.82, 2.24) is 15.1 Å². The van der Waals surface area contributed by atoms with Crippen molar-refractivity contribution in [3.05, 3.63) is 0 Å². The lowest BCUT2D eigenvalue weighted by Crippen LogP contribution is -2.62. The fourth-order valence-corrected chi connectivity index (χ4v) is 6.95. The molecule has 3 fully saturated rings. The molecule has 0 spiro atoms. The third kappa shape index (κ3) is 6.66. The maximum Gasteiger partial charge on any atom is 0.262 e. The van der Waals surface area contributed by atoms with E-state index >= 15 is 0 Å². The van der Waals surface area contributed by atoms with Crippen molar-refractivity contribution < 1.29 is 23.5 Å². The molecule has 8 heteroatoms. The van der Waals surface area contributed by atoms with Gasteiger partial charge in [-0.05, 0) is 85.5 Å². The van der Waals surface area contributed by atoms with Crippen molar-refractivity contribution >= 4 is 11.8 Å². The third-order valence-electron chi connectivity index (χ3n) is 9.41. The highest BCUT2D eigenvalue weighted by molar-refractivity contribution is 5.82. The van der Waals surface area contributed by atoms with Gasteiger partial charge < -0.3 is 15.3 Å². The van der Waals surface area contributed by atoms with Crippen molar-refractivity contribution in [3.63, 3.8) is 0 Å². The Balaban J connectivity index is 1.60. The molecule has 0 aromatic carbocycles. The summed E-state index contributed by atoms with van der Waals surface area (Å²) < 4.78 is 28.1. The molecular weight excluding hydrogens is 476 g/mol.